The van der Waals surface area contributed by atoms with Crippen LogP contribution in [0.15, 0.2) is 50.8 Å². The maximum Gasteiger partial charge on any atom is 0.239 e. The number of hydrogen-bond donors (Lipinski definition) is 0. The second-order valence-corrected chi connectivity index (χ2v) is 5.11. The molecule has 0 saturated carbocycles. The molecule has 0 saturated heterocycles. The number of hydrogen-bond acceptors (Lipinski definition) is 4. The molecule has 4 nitrogen and oxygen atoms in total. The van der Waals surface area contributed by atoms with Crippen molar-refractivity contribution in [1.82, 2.24) is 0 Å². The first-order valence-corrected chi connectivity index (χ1v) is 6.08. The number of aldehydes is 1. The van der Waals surface area contributed by atoms with Crippen LogP contribution < -0.4 is 0 Å². The largest absolute Gasteiger partial charge is 0.442 e. The number of rotatable bonds is 3. The van der Waals surface area contributed by atoms with Crippen molar-refractivity contribution < 1.29 is 22.0 Å². The van der Waals surface area contributed by atoms with Gasteiger partial charge >= 0.3 is 0 Å². The SMILES string of the molecule is O=Cc1ccc(S(=O)(=O)c2ccc(F)cc2)o1. The van der Waals surface area contributed by atoms with Crippen LogP contribution in [0.4, 0.5) is 4.39 Å². The van der Waals surface area contributed by atoms with E-state index in [2.05, 4.69) is 0 Å². The molecular weight excluding hydrogens is 247 g/mol. The lowest BCUT2D eigenvalue weighted by atomic mass is 10.4. The summed E-state index contributed by atoms with van der Waals surface area (Å²) in [6, 6.07) is 6.78. The maximum absolute atomic E-state index is 12.7. The molecule has 6 heteroatoms. The van der Waals surface area contributed by atoms with E-state index in [4.69, 9.17) is 4.42 Å². The van der Waals surface area contributed by atoms with E-state index in [0.717, 1.165) is 24.3 Å². The minimum absolute atomic E-state index is 0.0781. The minimum atomic E-state index is -3.84. The zero-order chi connectivity index (χ0) is 12.5. The second-order valence-electron chi connectivity index (χ2n) is 3.23. The molecule has 1 aromatic heterocycles. The molecule has 0 atom stereocenters. The highest BCUT2D eigenvalue weighted by Gasteiger charge is 2.21. The molecular formula is C11H7FO4S. The Kier molecular flexibility index (Phi) is 2.81. The summed E-state index contributed by atoms with van der Waals surface area (Å²) in [5, 5.41) is -0.341. The van der Waals surface area contributed by atoms with Gasteiger partial charge in [-0.05, 0) is 36.4 Å². The van der Waals surface area contributed by atoms with Gasteiger partial charge in [0.1, 0.15) is 5.82 Å². The number of benzene rings is 1. The molecule has 0 aliphatic rings. The van der Waals surface area contributed by atoms with Gasteiger partial charge in [0, 0.05) is 0 Å². The summed E-state index contributed by atoms with van der Waals surface area (Å²) >= 11 is 0. The lowest BCUT2D eigenvalue weighted by molar-refractivity contribution is 0.109. The van der Waals surface area contributed by atoms with Crippen LogP contribution in [0, 0.1) is 5.82 Å². The van der Waals surface area contributed by atoms with Gasteiger partial charge in [0.25, 0.3) is 0 Å². The van der Waals surface area contributed by atoms with Crippen LogP contribution in [0.25, 0.3) is 0 Å². The third kappa shape index (κ3) is 2.12. The Morgan fingerprint density at radius 2 is 1.71 bits per heavy atom. The smallest absolute Gasteiger partial charge is 0.239 e. The number of carbonyl (C=O) groups is 1. The van der Waals surface area contributed by atoms with Gasteiger partial charge in [-0.1, -0.05) is 0 Å². The average molecular weight is 254 g/mol. The summed E-state index contributed by atoms with van der Waals surface area (Å²) in [4.78, 5) is 10.3. The Labute approximate surface area is 96.6 Å². The first kappa shape index (κ1) is 11.5. The van der Waals surface area contributed by atoms with E-state index in [1.54, 1.807) is 0 Å². The van der Waals surface area contributed by atoms with Crippen LogP contribution in [0.5, 0.6) is 0 Å². The van der Waals surface area contributed by atoms with Crippen LogP contribution in [0.3, 0.4) is 0 Å². The van der Waals surface area contributed by atoms with Gasteiger partial charge in [-0.25, -0.2) is 12.8 Å². The van der Waals surface area contributed by atoms with E-state index in [1.165, 1.54) is 12.1 Å². The molecule has 0 radical (unpaired) electrons. The van der Waals surface area contributed by atoms with Gasteiger partial charge < -0.3 is 4.42 Å². The predicted molar refractivity (Wildman–Crippen MR) is 55.9 cm³/mol. The molecule has 0 bridgehead atoms. The van der Waals surface area contributed by atoms with E-state index in [0.29, 0.717) is 6.29 Å². The third-order valence-electron chi connectivity index (χ3n) is 2.11. The normalized spacial score (nSPS) is 11.4. The van der Waals surface area contributed by atoms with Crippen LogP contribution >= 0.6 is 0 Å². The lowest BCUT2D eigenvalue weighted by Crippen LogP contribution is -2.00. The highest BCUT2D eigenvalue weighted by atomic mass is 32.2. The van der Waals surface area contributed by atoms with Crippen molar-refractivity contribution in [3.63, 3.8) is 0 Å². The van der Waals surface area contributed by atoms with Crippen molar-refractivity contribution in [2.24, 2.45) is 0 Å². The Hall–Kier alpha value is -1.95. The van der Waals surface area contributed by atoms with Gasteiger partial charge in [-0.15, -0.1) is 0 Å². The first-order valence-electron chi connectivity index (χ1n) is 4.60. The summed E-state index contributed by atoms with van der Waals surface area (Å²) in [6.45, 7) is 0. The van der Waals surface area contributed by atoms with E-state index in [-0.39, 0.29) is 15.7 Å². The van der Waals surface area contributed by atoms with Gasteiger partial charge in [0.05, 0.1) is 4.90 Å². The van der Waals surface area contributed by atoms with Crippen LogP contribution in [0.2, 0.25) is 0 Å². The Morgan fingerprint density at radius 3 is 2.24 bits per heavy atom. The molecule has 88 valence electrons. The number of carbonyl (C=O) groups excluding carboxylic acids is 1. The standard InChI is InChI=1S/C11H7FO4S/c12-8-1-4-10(5-2-8)17(14,15)11-6-3-9(7-13)16-11/h1-7H. The highest BCUT2D eigenvalue weighted by molar-refractivity contribution is 7.91. The van der Waals surface area contributed by atoms with E-state index in [1.807, 2.05) is 0 Å². The van der Waals surface area contributed by atoms with Crippen molar-refractivity contribution in [1.29, 1.82) is 0 Å². The van der Waals surface area contributed by atoms with E-state index < -0.39 is 15.7 Å². The van der Waals surface area contributed by atoms with E-state index in [9.17, 15) is 17.6 Å². The minimum Gasteiger partial charge on any atom is -0.442 e. The molecule has 2 rings (SSSR count). The quantitative estimate of drug-likeness (QED) is 0.621. The predicted octanol–water partition coefficient (Wildman–Crippen LogP) is 2.06. The molecule has 0 aliphatic carbocycles. The van der Waals surface area contributed by atoms with Crippen molar-refractivity contribution in [2.75, 3.05) is 0 Å². The fourth-order valence-corrected chi connectivity index (χ4v) is 2.45. The Morgan fingerprint density at radius 1 is 1.06 bits per heavy atom. The van der Waals surface area contributed by atoms with Crippen molar-refractivity contribution in [2.45, 2.75) is 9.99 Å². The molecule has 0 spiro atoms. The molecule has 17 heavy (non-hydrogen) atoms. The highest BCUT2D eigenvalue weighted by Crippen LogP contribution is 2.22. The van der Waals surface area contributed by atoms with E-state index >= 15 is 0 Å². The number of furan rings is 1. The number of sulfone groups is 1. The van der Waals surface area contributed by atoms with Crippen molar-refractivity contribution in [3.05, 3.63) is 48.0 Å². The average Bonchev–Trinajstić information content (AvgIpc) is 2.78. The monoisotopic (exact) mass is 254 g/mol. The van der Waals surface area contributed by atoms with Crippen LogP contribution in [0.1, 0.15) is 10.6 Å². The molecule has 1 heterocycles. The third-order valence-corrected chi connectivity index (χ3v) is 3.75. The molecule has 0 aliphatic heterocycles. The summed E-state index contributed by atoms with van der Waals surface area (Å²) in [5.41, 5.74) is 0. The number of halogens is 1. The second kappa shape index (κ2) is 4.14. The Bertz CT molecular complexity index is 640. The molecule has 0 fully saturated rings. The zero-order valence-corrected chi connectivity index (χ0v) is 9.28. The van der Waals surface area contributed by atoms with Crippen molar-refractivity contribution >= 4 is 16.1 Å². The van der Waals surface area contributed by atoms with Gasteiger partial charge in [0.2, 0.25) is 14.9 Å². The summed E-state index contributed by atoms with van der Waals surface area (Å²) in [7, 11) is -3.84. The fraction of sp³-hybridized carbons (Fsp3) is 0. The molecule has 1 aromatic carbocycles. The van der Waals surface area contributed by atoms with Crippen LogP contribution in [-0.4, -0.2) is 14.7 Å². The van der Waals surface area contributed by atoms with Gasteiger partial charge in [0.15, 0.2) is 12.0 Å². The zero-order valence-electron chi connectivity index (χ0n) is 8.46. The summed E-state index contributed by atoms with van der Waals surface area (Å²) in [6.07, 6.45) is 0.406. The van der Waals surface area contributed by atoms with Crippen LogP contribution in [-0.2, 0) is 9.84 Å². The first-order chi connectivity index (χ1) is 8.04. The maximum atomic E-state index is 12.7. The topological polar surface area (TPSA) is 64.3 Å². The molecule has 0 amide bonds. The van der Waals surface area contributed by atoms with Gasteiger partial charge in [-0.3, -0.25) is 4.79 Å². The fourth-order valence-electron chi connectivity index (χ4n) is 1.27. The van der Waals surface area contributed by atoms with Crippen molar-refractivity contribution in [3.8, 4) is 0 Å². The lowest BCUT2D eigenvalue weighted by Gasteiger charge is -2.00. The molecule has 2 aromatic rings. The summed E-state index contributed by atoms with van der Waals surface area (Å²) in [5.74, 6) is -0.609. The molecule has 0 N–H and O–H groups in total. The Balaban J connectivity index is 2.49. The summed E-state index contributed by atoms with van der Waals surface area (Å²) < 4.78 is 41.4. The van der Waals surface area contributed by atoms with Gasteiger partial charge in [-0.2, -0.15) is 0 Å². The molecule has 0 unspecified atom stereocenters.